The molecule has 4 nitrogen and oxygen atoms in total. The summed E-state index contributed by atoms with van der Waals surface area (Å²) in [6, 6.07) is 2.73. The summed E-state index contributed by atoms with van der Waals surface area (Å²) < 4.78 is 41.1. The zero-order valence-electron chi connectivity index (χ0n) is 12.4. The van der Waals surface area contributed by atoms with E-state index in [1.165, 1.54) is 12.1 Å². The number of aryl methyl sites for hydroxylation is 2. The average Bonchev–Trinajstić information content (AvgIpc) is 2.38. The molecule has 0 spiro atoms. The van der Waals surface area contributed by atoms with E-state index in [4.69, 9.17) is 0 Å². The third-order valence-corrected chi connectivity index (χ3v) is 5.26. The van der Waals surface area contributed by atoms with Gasteiger partial charge < -0.3 is 5.32 Å². The van der Waals surface area contributed by atoms with Crippen LogP contribution in [0.4, 0.5) is 4.39 Å². The van der Waals surface area contributed by atoms with Crippen molar-refractivity contribution in [2.24, 2.45) is 0 Å². The van der Waals surface area contributed by atoms with Crippen molar-refractivity contribution in [3.8, 4) is 0 Å². The Kier molecular flexibility index (Phi) is 6.16. The van der Waals surface area contributed by atoms with Gasteiger partial charge in [-0.3, -0.25) is 0 Å². The number of rotatable bonds is 3. The van der Waals surface area contributed by atoms with Gasteiger partial charge in [0.05, 0.1) is 4.90 Å². The summed E-state index contributed by atoms with van der Waals surface area (Å²) in [6.45, 7) is 6.03. The molecular weight excluding hydrogens is 315 g/mol. The van der Waals surface area contributed by atoms with Gasteiger partial charge in [-0.25, -0.2) is 17.5 Å². The van der Waals surface area contributed by atoms with Crippen LogP contribution in [0, 0.1) is 19.7 Å². The normalized spacial score (nSPS) is 22.7. The molecule has 1 aliphatic rings. The van der Waals surface area contributed by atoms with Crippen LogP contribution in [0.2, 0.25) is 0 Å². The second-order valence-electron chi connectivity index (χ2n) is 5.48. The minimum atomic E-state index is -3.61. The molecule has 21 heavy (non-hydrogen) atoms. The molecule has 0 aromatic heterocycles. The highest BCUT2D eigenvalue weighted by Crippen LogP contribution is 2.20. The van der Waals surface area contributed by atoms with Gasteiger partial charge in [0.1, 0.15) is 5.82 Å². The van der Waals surface area contributed by atoms with Crippen LogP contribution < -0.4 is 10.0 Å². The van der Waals surface area contributed by atoms with E-state index in [-0.39, 0.29) is 35.2 Å². The van der Waals surface area contributed by atoms with Crippen molar-refractivity contribution >= 4 is 22.4 Å². The molecule has 1 saturated heterocycles. The summed E-state index contributed by atoms with van der Waals surface area (Å²) in [5, 5.41) is 3.25. The molecule has 120 valence electrons. The first-order valence-corrected chi connectivity index (χ1v) is 8.32. The molecule has 1 aromatic rings. The Hall–Kier alpha value is -0.690. The first-order valence-electron chi connectivity index (χ1n) is 6.84. The molecule has 7 heteroatoms. The molecular formula is C14H22ClFN2O2S. The lowest BCUT2D eigenvalue weighted by Gasteiger charge is -2.30. The second-order valence-corrected chi connectivity index (χ2v) is 7.20. The van der Waals surface area contributed by atoms with Gasteiger partial charge in [0.25, 0.3) is 0 Å². The number of halogens is 2. The fraction of sp³-hybridized carbons (Fsp3) is 0.571. The molecule has 2 rings (SSSR count). The molecule has 2 atom stereocenters. The minimum absolute atomic E-state index is 0. The third kappa shape index (κ3) is 4.16. The van der Waals surface area contributed by atoms with Crippen LogP contribution in [-0.4, -0.2) is 27.0 Å². The Balaban J connectivity index is 0.00000220. The van der Waals surface area contributed by atoms with Crippen LogP contribution in [0.15, 0.2) is 17.0 Å². The van der Waals surface area contributed by atoms with Gasteiger partial charge in [-0.15, -0.1) is 12.4 Å². The fourth-order valence-electron chi connectivity index (χ4n) is 2.53. The molecule has 2 N–H and O–H groups in total. The van der Waals surface area contributed by atoms with Crippen LogP contribution in [0.1, 0.15) is 30.9 Å². The highest BCUT2D eigenvalue weighted by atomic mass is 35.5. The van der Waals surface area contributed by atoms with E-state index in [0.29, 0.717) is 11.1 Å². The summed E-state index contributed by atoms with van der Waals surface area (Å²) in [4.78, 5) is 0.131. The lowest BCUT2D eigenvalue weighted by Crippen LogP contribution is -2.51. The van der Waals surface area contributed by atoms with Crippen LogP contribution in [0.25, 0.3) is 0 Å². The quantitative estimate of drug-likeness (QED) is 0.890. The van der Waals surface area contributed by atoms with Crippen molar-refractivity contribution in [2.45, 2.75) is 50.6 Å². The average molecular weight is 337 g/mol. The number of benzene rings is 1. The van der Waals surface area contributed by atoms with E-state index in [0.717, 1.165) is 19.4 Å². The summed E-state index contributed by atoms with van der Waals surface area (Å²) in [5.74, 6) is -0.350. The molecule has 0 radical (unpaired) electrons. The standard InChI is InChI=1S/C14H21FN2O2S.ClH/c1-9-7-12(8-10(2)14(9)15)20(18,19)17-13-5-4-6-16-11(13)3;/h7-8,11,13,16-17H,4-6H2,1-3H3;1H. The minimum Gasteiger partial charge on any atom is -0.313 e. The van der Waals surface area contributed by atoms with Crippen LogP contribution in [0.5, 0.6) is 0 Å². The zero-order chi connectivity index (χ0) is 14.9. The van der Waals surface area contributed by atoms with E-state index in [1.54, 1.807) is 13.8 Å². The van der Waals surface area contributed by atoms with Crippen LogP contribution >= 0.6 is 12.4 Å². The van der Waals surface area contributed by atoms with Crippen molar-refractivity contribution in [3.63, 3.8) is 0 Å². The van der Waals surface area contributed by atoms with E-state index >= 15 is 0 Å². The lowest BCUT2D eigenvalue weighted by atomic mass is 10.0. The monoisotopic (exact) mass is 336 g/mol. The Bertz CT molecular complexity index is 584. The molecule has 0 amide bonds. The highest BCUT2D eigenvalue weighted by Gasteiger charge is 2.27. The Morgan fingerprint density at radius 2 is 1.86 bits per heavy atom. The third-order valence-electron chi connectivity index (χ3n) is 3.79. The van der Waals surface area contributed by atoms with Crippen LogP contribution in [0.3, 0.4) is 0 Å². The summed E-state index contributed by atoms with van der Waals surface area (Å²) >= 11 is 0. The largest absolute Gasteiger partial charge is 0.313 e. The van der Waals surface area contributed by atoms with Crippen molar-refractivity contribution in [1.29, 1.82) is 0 Å². The van der Waals surface area contributed by atoms with Crippen molar-refractivity contribution < 1.29 is 12.8 Å². The Labute approximate surface area is 132 Å². The zero-order valence-corrected chi connectivity index (χ0v) is 14.1. The Morgan fingerprint density at radius 1 is 1.29 bits per heavy atom. The highest BCUT2D eigenvalue weighted by molar-refractivity contribution is 7.89. The maximum absolute atomic E-state index is 13.6. The number of nitrogens with one attached hydrogen (secondary N) is 2. The molecule has 1 aliphatic heterocycles. The number of hydrogen-bond donors (Lipinski definition) is 2. The SMILES string of the molecule is Cc1cc(S(=O)(=O)NC2CCCNC2C)cc(C)c1F.Cl. The maximum Gasteiger partial charge on any atom is 0.240 e. The number of sulfonamides is 1. The fourth-order valence-corrected chi connectivity index (χ4v) is 4.05. The van der Waals surface area contributed by atoms with Gasteiger partial charge in [-0.1, -0.05) is 0 Å². The maximum atomic E-state index is 13.6. The van der Waals surface area contributed by atoms with E-state index < -0.39 is 10.0 Å². The number of hydrogen-bond acceptors (Lipinski definition) is 3. The first-order chi connectivity index (χ1) is 9.31. The number of piperidine rings is 1. The summed E-state index contributed by atoms with van der Waals surface area (Å²) in [6.07, 6.45) is 1.76. The van der Waals surface area contributed by atoms with Gasteiger partial charge in [-0.2, -0.15) is 0 Å². The predicted octanol–water partition coefficient (Wildman–Crippen LogP) is 2.28. The molecule has 0 aliphatic carbocycles. The van der Waals surface area contributed by atoms with E-state index in [2.05, 4.69) is 10.0 Å². The topological polar surface area (TPSA) is 58.2 Å². The first kappa shape index (κ1) is 18.4. The van der Waals surface area contributed by atoms with E-state index in [9.17, 15) is 12.8 Å². The van der Waals surface area contributed by atoms with Gasteiger partial charge in [0.2, 0.25) is 10.0 Å². The van der Waals surface area contributed by atoms with Crippen molar-refractivity contribution in [2.75, 3.05) is 6.54 Å². The molecule has 1 aromatic carbocycles. The van der Waals surface area contributed by atoms with Crippen molar-refractivity contribution in [3.05, 3.63) is 29.1 Å². The summed E-state index contributed by atoms with van der Waals surface area (Å²) in [7, 11) is -3.61. The van der Waals surface area contributed by atoms with E-state index in [1.807, 2.05) is 6.92 Å². The molecule has 1 heterocycles. The second kappa shape index (κ2) is 7.05. The predicted molar refractivity (Wildman–Crippen MR) is 83.9 cm³/mol. The van der Waals surface area contributed by atoms with Crippen molar-refractivity contribution in [1.82, 2.24) is 10.0 Å². The Morgan fingerprint density at radius 3 is 2.38 bits per heavy atom. The molecule has 0 bridgehead atoms. The van der Waals surface area contributed by atoms with Gasteiger partial charge >= 0.3 is 0 Å². The van der Waals surface area contributed by atoms with Crippen LogP contribution in [-0.2, 0) is 10.0 Å². The van der Waals surface area contributed by atoms with Gasteiger partial charge in [0, 0.05) is 12.1 Å². The van der Waals surface area contributed by atoms with Gasteiger partial charge in [-0.05, 0) is 63.4 Å². The molecule has 1 fully saturated rings. The van der Waals surface area contributed by atoms with Gasteiger partial charge in [0.15, 0.2) is 0 Å². The summed E-state index contributed by atoms with van der Waals surface area (Å²) in [5.41, 5.74) is 0.695. The molecule has 2 unspecified atom stereocenters. The lowest BCUT2D eigenvalue weighted by molar-refractivity contribution is 0.349. The molecule has 0 saturated carbocycles. The smallest absolute Gasteiger partial charge is 0.240 e.